The van der Waals surface area contributed by atoms with Gasteiger partial charge < -0.3 is 30.9 Å². The van der Waals surface area contributed by atoms with Crippen molar-refractivity contribution in [2.45, 2.75) is 165 Å². The fourth-order valence-corrected chi connectivity index (χ4v) is 13.0. The molecule has 5 fully saturated rings. The van der Waals surface area contributed by atoms with Gasteiger partial charge in [-0.05, 0) is 118 Å². The number of likely N-dealkylation sites (N-methyl/N-ethyl adjacent to an activating group) is 1. The molecular weight excluding hydrogens is 1050 g/mol. The number of hydrogen-bond acceptors (Lipinski definition) is 10. The molecule has 3 heterocycles. The van der Waals surface area contributed by atoms with E-state index in [1.54, 1.807) is 23.1 Å². The summed E-state index contributed by atoms with van der Waals surface area (Å²) in [6, 6.07) is 16.9. The zero-order chi connectivity index (χ0) is 57.1. The molecule has 2 unspecified atom stereocenters. The molecule has 6 amide bonds. The van der Waals surface area contributed by atoms with Crippen LogP contribution in [0.1, 0.15) is 147 Å². The Balaban J connectivity index is 0.000000252. The van der Waals surface area contributed by atoms with Crippen LogP contribution < -0.4 is 31.5 Å². The van der Waals surface area contributed by atoms with Gasteiger partial charge in [0, 0.05) is 80.2 Å². The molecule has 432 valence electrons. The molecule has 0 radical (unpaired) electrons. The molecule has 4 atom stereocenters. The third-order valence-electron chi connectivity index (χ3n) is 17.3. The van der Waals surface area contributed by atoms with Gasteiger partial charge in [-0.15, -0.1) is 0 Å². The number of carboxylic acid groups (broad SMARTS) is 1. The van der Waals surface area contributed by atoms with Crippen molar-refractivity contribution in [2.75, 3.05) is 61.4 Å². The quantitative estimate of drug-likeness (QED) is 0.0385. The summed E-state index contributed by atoms with van der Waals surface area (Å²) in [7, 11) is 1.84. The minimum atomic E-state index is -0.774. The summed E-state index contributed by atoms with van der Waals surface area (Å²) < 4.78 is 12.2. The Morgan fingerprint density at radius 1 is 0.861 bits per heavy atom. The van der Waals surface area contributed by atoms with Crippen LogP contribution >= 0.6 is 23.2 Å². The number of imide groups is 1. The van der Waals surface area contributed by atoms with E-state index in [1.807, 2.05) is 30.1 Å². The third-order valence-corrected chi connectivity index (χ3v) is 17.9. The number of nitrogens with one attached hydrogen (secondary N) is 3. The summed E-state index contributed by atoms with van der Waals surface area (Å²) in [4.78, 5) is 91.9. The number of amides is 6. The number of nitrogens with two attached hydrogens (primary N) is 1. The predicted octanol–water partition coefficient (Wildman–Crippen LogP) is 9.41. The average Bonchev–Trinajstić information content (AvgIpc) is 3.63. The number of piperidine rings is 1. The Morgan fingerprint density at radius 2 is 1.54 bits per heavy atom. The summed E-state index contributed by atoms with van der Waals surface area (Å²) >= 11 is 11.5. The monoisotopic (exact) mass is 1130 g/mol. The van der Waals surface area contributed by atoms with E-state index in [1.165, 1.54) is 37.8 Å². The maximum absolute atomic E-state index is 12.9. The van der Waals surface area contributed by atoms with Crippen molar-refractivity contribution in [1.29, 1.82) is 0 Å². The van der Waals surface area contributed by atoms with Gasteiger partial charge >= 0.3 is 5.97 Å². The molecule has 1 spiro atoms. The van der Waals surface area contributed by atoms with Crippen LogP contribution in [0.5, 0.6) is 0 Å². The van der Waals surface area contributed by atoms with Crippen molar-refractivity contribution in [2.24, 2.45) is 17.6 Å². The molecule has 19 heteroatoms. The number of nitrogens with zero attached hydrogens (tertiary/aromatic N) is 4. The number of anilines is 3. The van der Waals surface area contributed by atoms with E-state index in [2.05, 4.69) is 51.7 Å². The number of benzene rings is 3. The highest BCUT2D eigenvalue weighted by Crippen LogP contribution is 2.56. The van der Waals surface area contributed by atoms with Gasteiger partial charge in [0.15, 0.2) is 0 Å². The summed E-state index contributed by atoms with van der Waals surface area (Å²) in [6.07, 6.45) is 19.4. The number of carboxylic acids is 1. The lowest BCUT2D eigenvalue weighted by atomic mass is 9.57. The molecule has 3 aromatic rings. The molecule has 3 aliphatic heterocycles. The molecule has 2 saturated carbocycles. The lowest BCUT2D eigenvalue weighted by Gasteiger charge is -2.49. The number of aryl methyl sites for hydroxylation is 1. The number of carbonyl (C=O) groups is 7. The van der Waals surface area contributed by atoms with Crippen LogP contribution in [0.25, 0.3) is 0 Å². The lowest BCUT2D eigenvalue weighted by Crippen LogP contribution is -2.56. The smallest absolute Gasteiger partial charge is 0.303 e. The molecule has 16 nitrogen and oxygen atoms in total. The second-order valence-corrected chi connectivity index (χ2v) is 23.1. The van der Waals surface area contributed by atoms with Crippen LogP contribution in [-0.4, -0.2) is 121 Å². The van der Waals surface area contributed by atoms with Gasteiger partial charge in [-0.1, -0.05) is 119 Å². The Hall–Kier alpha value is -5.62. The number of halogens is 3. The zero-order valence-electron chi connectivity index (χ0n) is 46.4. The van der Waals surface area contributed by atoms with E-state index in [-0.39, 0.29) is 70.2 Å². The van der Waals surface area contributed by atoms with E-state index >= 15 is 0 Å². The van der Waals surface area contributed by atoms with Gasteiger partial charge in [0.25, 0.3) is 0 Å². The molecule has 8 rings (SSSR count). The van der Waals surface area contributed by atoms with E-state index < -0.39 is 12.0 Å². The summed E-state index contributed by atoms with van der Waals surface area (Å²) in [5.41, 5.74) is 9.49. The van der Waals surface area contributed by atoms with E-state index in [0.717, 1.165) is 139 Å². The molecule has 0 bridgehead atoms. The van der Waals surface area contributed by atoms with Crippen molar-refractivity contribution < 1.29 is 43.1 Å². The summed E-state index contributed by atoms with van der Waals surface area (Å²) in [5.74, 6) is -1.48. The molecule has 5 aliphatic rings. The Bertz CT molecular complexity index is 2530. The number of carbonyl (C=O) groups excluding carboxylic acids is 6. The average molecular weight is 1130 g/mol. The van der Waals surface area contributed by atoms with Crippen molar-refractivity contribution in [3.63, 3.8) is 0 Å². The number of hydrogen-bond donors (Lipinski definition) is 5. The van der Waals surface area contributed by atoms with Gasteiger partial charge in [0.05, 0.1) is 22.4 Å². The molecule has 79 heavy (non-hydrogen) atoms. The first kappa shape index (κ1) is 62.6. The maximum Gasteiger partial charge on any atom is 0.303 e. The largest absolute Gasteiger partial charge is 0.481 e. The zero-order valence-corrected chi connectivity index (χ0v) is 47.9. The number of rotatable bonds is 21. The van der Waals surface area contributed by atoms with Crippen molar-refractivity contribution in [3.8, 4) is 0 Å². The number of primary amides is 1. The molecule has 3 aromatic carbocycles. The SMILES string of the molecule is CN(c1ccc(CCCN2CCN(C(=O)C3CCCCC3)CC2)cc1N(C=O)CCCCCCCC(=O)O)C1CCC(=O)NC1=O.C[C@H]1C(C(N)=O)NC2(CCCCC2)[C@]1(C)c1ccc(Cl)cc1NC=O.Fc1ccccc1Cl. The van der Waals surface area contributed by atoms with Crippen molar-refractivity contribution in [3.05, 3.63) is 87.7 Å². The molecule has 0 aromatic heterocycles. The first-order valence-corrected chi connectivity index (χ1v) is 29.3. The highest BCUT2D eigenvalue weighted by atomic mass is 35.5. The van der Waals surface area contributed by atoms with Gasteiger partial charge in [0.1, 0.15) is 11.9 Å². The van der Waals surface area contributed by atoms with Crippen LogP contribution in [-0.2, 0) is 45.4 Å². The normalized spacial score (nSPS) is 22.1. The summed E-state index contributed by atoms with van der Waals surface area (Å²) in [6.45, 7) is 9.12. The topological polar surface area (TPSA) is 215 Å². The fourth-order valence-electron chi connectivity index (χ4n) is 12.7. The predicted molar refractivity (Wildman–Crippen MR) is 309 cm³/mol. The second kappa shape index (κ2) is 30.3. The lowest BCUT2D eigenvalue weighted by molar-refractivity contribution is -0.138. The molecular formula is C60H83Cl2FN8O8. The highest BCUT2D eigenvalue weighted by Gasteiger charge is 2.61. The van der Waals surface area contributed by atoms with E-state index in [4.69, 9.17) is 34.0 Å². The minimum Gasteiger partial charge on any atom is -0.481 e. The first-order chi connectivity index (χ1) is 37.9. The van der Waals surface area contributed by atoms with Gasteiger partial charge in [-0.2, -0.15) is 0 Å². The van der Waals surface area contributed by atoms with Crippen LogP contribution in [0.15, 0.2) is 60.7 Å². The van der Waals surface area contributed by atoms with Gasteiger partial charge in [-0.3, -0.25) is 49.1 Å². The first-order valence-electron chi connectivity index (χ1n) is 28.5. The van der Waals surface area contributed by atoms with Crippen LogP contribution in [0.4, 0.5) is 21.5 Å². The number of unbranched alkanes of at least 4 members (excludes halogenated alkanes) is 4. The maximum atomic E-state index is 12.9. The number of piperazine rings is 1. The van der Waals surface area contributed by atoms with Crippen molar-refractivity contribution in [1.82, 2.24) is 20.4 Å². The Kier molecular flexibility index (Phi) is 24.0. The standard InChI is InChI=1S/C35H53N5O6.C19H26ClN3O2.C6H4ClF/c1-37(30-17-18-32(42)36-34(30)45)29-16-15-27(25-31(29)40(26-41)20-9-4-2-3-8-14-33(43)44)11-10-19-38-21-23-39(24-22-38)35(46)28-12-6-5-7-13-28;1-12-16(17(21)25)23-19(8-4-3-5-9-19)18(12,2)14-7-6-13(20)10-15(14)22-11-24;7-5-3-1-2-4-6(5)8/h15-16,25-26,28,30H,2-14,17-24H2,1H3,(H,43,44)(H,36,42,45);6-7,10-12,16,23H,3-5,8-9H2,1-2H3,(H2,21,25)(H,22,24);1-4H/t;12-,16?,18-;/m.0./s1. The van der Waals surface area contributed by atoms with E-state index in [9.17, 15) is 38.0 Å². The van der Waals surface area contributed by atoms with Crippen LogP contribution in [0.2, 0.25) is 10.0 Å². The summed E-state index contributed by atoms with van der Waals surface area (Å²) in [5, 5.41) is 18.4. The van der Waals surface area contributed by atoms with E-state index in [0.29, 0.717) is 42.4 Å². The Labute approximate surface area is 476 Å². The number of aliphatic carboxylic acids is 1. The van der Waals surface area contributed by atoms with Crippen LogP contribution in [0, 0.1) is 17.7 Å². The molecule has 2 aliphatic carbocycles. The molecule has 6 N–H and O–H groups in total. The third kappa shape index (κ3) is 16.5. The van der Waals surface area contributed by atoms with Gasteiger partial charge in [0.2, 0.25) is 36.4 Å². The minimum absolute atomic E-state index is 0.00326. The fraction of sp³-hybridized carbons (Fsp3) is 0.583. The molecule has 3 saturated heterocycles. The highest BCUT2D eigenvalue weighted by molar-refractivity contribution is 6.31. The van der Waals surface area contributed by atoms with Gasteiger partial charge in [-0.25, -0.2) is 4.39 Å². The van der Waals surface area contributed by atoms with Crippen LogP contribution in [0.3, 0.4) is 0 Å². The Morgan fingerprint density at radius 3 is 2.18 bits per heavy atom. The second-order valence-electron chi connectivity index (χ2n) is 22.2. The van der Waals surface area contributed by atoms with Crippen molar-refractivity contribution >= 4 is 82.7 Å².